The SMILES string of the molecule is COc1ccc(-c2nn(-c3ccc(F)cc3F)c3c2CCN3)c(OC)c1. The van der Waals surface area contributed by atoms with E-state index in [9.17, 15) is 8.78 Å². The van der Waals surface area contributed by atoms with E-state index >= 15 is 0 Å². The van der Waals surface area contributed by atoms with Gasteiger partial charge < -0.3 is 14.8 Å². The summed E-state index contributed by atoms with van der Waals surface area (Å²) in [7, 11) is 3.16. The number of benzene rings is 2. The Morgan fingerprint density at radius 3 is 2.65 bits per heavy atom. The van der Waals surface area contributed by atoms with Crippen LogP contribution in [0.4, 0.5) is 14.6 Å². The molecule has 0 radical (unpaired) electrons. The Morgan fingerprint density at radius 1 is 1.08 bits per heavy atom. The van der Waals surface area contributed by atoms with Crippen molar-refractivity contribution in [3.05, 3.63) is 53.6 Å². The molecule has 134 valence electrons. The molecule has 1 aliphatic heterocycles. The number of halogens is 2. The monoisotopic (exact) mass is 357 g/mol. The molecule has 7 heteroatoms. The summed E-state index contributed by atoms with van der Waals surface area (Å²) in [5.74, 6) is 0.702. The van der Waals surface area contributed by atoms with Crippen LogP contribution in [0.1, 0.15) is 5.56 Å². The van der Waals surface area contributed by atoms with Gasteiger partial charge in [-0.25, -0.2) is 13.5 Å². The summed E-state index contributed by atoms with van der Waals surface area (Å²) in [5, 5.41) is 7.83. The second-order valence-corrected chi connectivity index (χ2v) is 5.93. The van der Waals surface area contributed by atoms with Gasteiger partial charge in [0.15, 0.2) is 5.82 Å². The fourth-order valence-electron chi connectivity index (χ4n) is 3.21. The molecule has 0 saturated heterocycles. The van der Waals surface area contributed by atoms with Crippen LogP contribution < -0.4 is 14.8 Å². The predicted octanol–water partition coefficient (Wildman–Crippen LogP) is 3.80. The lowest BCUT2D eigenvalue weighted by atomic mass is 10.1. The molecule has 2 aromatic carbocycles. The summed E-state index contributed by atoms with van der Waals surface area (Å²) < 4.78 is 39.8. The van der Waals surface area contributed by atoms with E-state index in [0.717, 1.165) is 30.2 Å². The van der Waals surface area contributed by atoms with Crippen molar-refractivity contribution in [1.82, 2.24) is 9.78 Å². The first-order valence-electron chi connectivity index (χ1n) is 8.16. The van der Waals surface area contributed by atoms with E-state index in [1.54, 1.807) is 20.3 Å². The average Bonchev–Trinajstić information content (AvgIpc) is 3.24. The van der Waals surface area contributed by atoms with E-state index in [0.29, 0.717) is 23.0 Å². The number of aromatic nitrogens is 2. The van der Waals surface area contributed by atoms with Gasteiger partial charge in [0.05, 0.1) is 14.2 Å². The van der Waals surface area contributed by atoms with Gasteiger partial charge in [0.1, 0.15) is 34.5 Å². The van der Waals surface area contributed by atoms with Crippen molar-refractivity contribution in [2.75, 3.05) is 26.1 Å². The Kier molecular flexibility index (Phi) is 3.99. The molecule has 0 saturated carbocycles. The number of anilines is 1. The molecule has 0 atom stereocenters. The maximum absolute atomic E-state index is 14.3. The average molecular weight is 357 g/mol. The van der Waals surface area contributed by atoms with E-state index in [2.05, 4.69) is 10.4 Å². The van der Waals surface area contributed by atoms with Crippen LogP contribution in [0.25, 0.3) is 16.9 Å². The summed E-state index contributed by atoms with van der Waals surface area (Å²) >= 11 is 0. The molecule has 0 bridgehead atoms. The molecular formula is C19H17F2N3O2. The first kappa shape index (κ1) is 16.4. The fraction of sp³-hybridized carbons (Fsp3) is 0.211. The molecule has 5 nitrogen and oxygen atoms in total. The van der Waals surface area contributed by atoms with Crippen molar-refractivity contribution in [1.29, 1.82) is 0 Å². The molecule has 0 unspecified atom stereocenters. The second kappa shape index (κ2) is 6.33. The molecule has 26 heavy (non-hydrogen) atoms. The lowest BCUT2D eigenvalue weighted by molar-refractivity contribution is 0.395. The van der Waals surface area contributed by atoms with Gasteiger partial charge >= 0.3 is 0 Å². The third kappa shape index (κ3) is 2.56. The highest BCUT2D eigenvalue weighted by molar-refractivity contribution is 5.77. The van der Waals surface area contributed by atoms with Crippen LogP contribution in [-0.4, -0.2) is 30.5 Å². The smallest absolute Gasteiger partial charge is 0.151 e. The number of methoxy groups -OCH3 is 2. The summed E-state index contributed by atoms with van der Waals surface area (Å²) in [6.45, 7) is 0.724. The van der Waals surface area contributed by atoms with Crippen LogP contribution in [0.2, 0.25) is 0 Å². The fourth-order valence-corrected chi connectivity index (χ4v) is 3.21. The van der Waals surface area contributed by atoms with E-state index in [1.807, 2.05) is 12.1 Å². The molecule has 1 aliphatic rings. The van der Waals surface area contributed by atoms with Crippen LogP contribution in [0.5, 0.6) is 11.5 Å². The van der Waals surface area contributed by atoms with Gasteiger partial charge in [-0.15, -0.1) is 0 Å². The zero-order valence-corrected chi connectivity index (χ0v) is 14.3. The minimum Gasteiger partial charge on any atom is -0.497 e. The van der Waals surface area contributed by atoms with Crippen LogP contribution in [0, 0.1) is 11.6 Å². The minimum absolute atomic E-state index is 0.191. The number of rotatable bonds is 4. The van der Waals surface area contributed by atoms with E-state index in [1.165, 1.54) is 16.8 Å². The van der Waals surface area contributed by atoms with Gasteiger partial charge in [-0.05, 0) is 30.7 Å². The Hall–Kier alpha value is -3.09. The molecule has 0 fully saturated rings. The number of ether oxygens (including phenoxy) is 2. The molecule has 2 heterocycles. The van der Waals surface area contributed by atoms with Crippen LogP contribution in [-0.2, 0) is 6.42 Å². The zero-order valence-electron chi connectivity index (χ0n) is 14.3. The maximum atomic E-state index is 14.3. The Bertz CT molecular complexity index is 985. The quantitative estimate of drug-likeness (QED) is 0.772. The van der Waals surface area contributed by atoms with E-state index < -0.39 is 11.6 Å². The van der Waals surface area contributed by atoms with Crippen molar-refractivity contribution in [3.63, 3.8) is 0 Å². The predicted molar refractivity (Wildman–Crippen MR) is 94.2 cm³/mol. The highest BCUT2D eigenvalue weighted by Crippen LogP contribution is 2.40. The van der Waals surface area contributed by atoms with Gasteiger partial charge in [-0.1, -0.05) is 0 Å². The van der Waals surface area contributed by atoms with Crippen molar-refractivity contribution in [2.45, 2.75) is 6.42 Å². The van der Waals surface area contributed by atoms with Crippen molar-refractivity contribution in [2.24, 2.45) is 0 Å². The molecule has 0 spiro atoms. The lowest BCUT2D eigenvalue weighted by Gasteiger charge is -2.10. The zero-order chi connectivity index (χ0) is 18.3. The maximum Gasteiger partial charge on any atom is 0.151 e. The summed E-state index contributed by atoms with van der Waals surface area (Å²) in [5.41, 5.74) is 2.65. The van der Waals surface area contributed by atoms with E-state index in [4.69, 9.17) is 9.47 Å². The first-order chi connectivity index (χ1) is 12.6. The highest BCUT2D eigenvalue weighted by Gasteiger charge is 2.26. The molecule has 1 N–H and O–H groups in total. The first-order valence-corrected chi connectivity index (χ1v) is 8.16. The lowest BCUT2D eigenvalue weighted by Crippen LogP contribution is -2.06. The molecule has 3 aromatic rings. The normalized spacial score (nSPS) is 12.6. The van der Waals surface area contributed by atoms with Gasteiger partial charge in [0.2, 0.25) is 0 Å². The Labute approximate surface area is 149 Å². The highest BCUT2D eigenvalue weighted by atomic mass is 19.1. The molecular weight excluding hydrogens is 340 g/mol. The van der Waals surface area contributed by atoms with Gasteiger partial charge in [0.25, 0.3) is 0 Å². The van der Waals surface area contributed by atoms with Gasteiger partial charge in [0, 0.05) is 29.8 Å². The molecule has 0 amide bonds. The number of hydrogen-bond acceptors (Lipinski definition) is 4. The number of nitrogens with one attached hydrogen (secondary N) is 1. The van der Waals surface area contributed by atoms with Crippen LogP contribution >= 0.6 is 0 Å². The van der Waals surface area contributed by atoms with Crippen LogP contribution in [0.3, 0.4) is 0 Å². The standard InChI is InChI=1S/C19H17F2N3O2/c1-25-12-4-5-13(17(10-12)26-2)18-14-7-8-22-19(14)24(23-18)16-6-3-11(20)9-15(16)21/h3-6,9-10,22H,7-8H2,1-2H3. The third-order valence-electron chi connectivity index (χ3n) is 4.45. The Balaban J connectivity index is 1.90. The topological polar surface area (TPSA) is 48.3 Å². The van der Waals surface area contributed by atoms with E-state index in [-0.39, 0.29) is 5.69 Å². The summed E-state index contributed by atoms with van der Waals surface area (Å²) in [6, 6.07) is 8.92. The van der Waals surface area contributed by atoms with Gasteiger partial charge in [-0.2, -0.15) is 5.10 Å². The number of hydrogen-bond donors (Lipinski definition) is 1. The van der Waals surface area contributed by atoms with Crippen molar-refractivity contribution < 1.29 is 18.3 Å². The van der Waals surface area contributed by atoms with Crippen molar-refractivity contribution >= 4 is 5.82 Å². The molecule has 4 rings (SSSR count). The third-order valence-corrected chi connectivity index (χ3v) is 4.45. The van der Waals surface area contributed by atoms with Crippen molar-refractivity contribution in [3.8, 4) is 28.4 Å². The Morgan fingerprint density at radius 2 is 1.92 bits per heavy atom. The van der Waals surface area contributed by atoms with Gasteiger partial charge in [-0.3, -0.25) is 0 Å². The number of fused-ring (bicyclic) bond motifs is 1. The largest absolute Gasteiger partial charge is 0.497 e. The summed E-state index contributed by atoms with van der Waals surface area (Å²) in [6.07, 6.45) is 0.753. The number of nitrogens with zero attached hydrogens (tertiary/aromatic N) is 2. The summed E-state index contributed by atoms with van der Waals surface area (Å²) in [4.78, 5) is 0. The molecule has 0 aliphatic carbocycles. The minimum atomic E-state index is -0.669. The molecule has 1 aromatic heterocycles. The second-order valence-electron chi connectivity index (χ2n) is 5.93. The van der Waals surface area contributed by atoms with Crippen LogP contribution in [0.15, 0.2) is 36.4 Å².